The summed E-state index contributed by atoms with van der Waals surface area (Å²) in [5.41, 5.74) is 3.91. The number of benzene rings is 2. The van der Waals surface area contributed by atoms with Crippen molar-refractivity contribution in [2.75, 3.05) is 20.8 Å². The Bertz CT molecular complexity index is 665. The van der Waals surface area contributed by atoms with Crippen molar-refractivity contribution in [2.24, 2.45) is 0 Å². The zero-order chi connectivity index (χ0) is 15.7. The standard InChI is InChI=1S/C19H23NO2/c1-19(2)12-20-18(13-8-6-5-7-9-13)14-10-16(21-3)17(22-4)11-15(14)19/h5-11,18,20H,12H2,1-4H3/t18-/m1/s1. The minimum atomic E-state index is 0.0557. The van der Waals surface area contributed by atoms with Crippen molar-refractivity contribution in [3.63, 3.8) is 0 Å². The maximum Gasteiger partial charge on any atom is 0.161 e. The van der Waals surface area contributed by atoms with E-state index in [9.17, 15) is 0 Å². The average molecular weight is 297 g/mol. The molecule has 0 radical (unpaired) electrons. The zero-order valence-corrected chi connectivity index (χ0v) is 13.6. The molecule has 1 aliphatic rings. The van der Waals surface area contributed by atoms with Gasteiger partial charge >= 0.3 is 0 Å². The van der Waals surface area contributed by atoms with E-state index in [0.29, 0.717) is 0 Å². The van der Waals surface area contributed by atoms with Crippen LogP contribution in [-0.2, 0) is 5.41 Å². The second kappa shape index (κ2) is 5.65. The second-order valence-corrected chi connectivity index (χ2v) is 6.40. The van der Waals surface area contributed by atoms with E-state index in [1.54, 1.807) is 14.2 Å². The summed E-state index contributed by atoms with van der Waals surface area (Å²) < 4.78 is 11.0. The number of methoxy groups -OCH3 is 2. The lowest BCUT2D eigenvalue weighted by atomic mass is 9.75. The van der Waals surface area contributed by atoms with Gasteiger partial charge in [0, 0.05) is 12.0 Å². The Kier molecular flexibility index (Phi) is 3.83. The van der Waals surface area contributed by atoms with Gasteiger partial charge in [0.25, 0.3) is 0 Å². The van der Waals surface area contributed by atoms with Gasteiger partial charge in [-0.15, -0.1) is 0 Å². The minimum Gasteiger partial charge on any atom is -0.493 e. The Morgan fingerprint density at radius 3 is 2.27 bits per heavy atom. The van der Waals surface area contributed by atoms with Crippen LogP contribution in [0.5, 0.6) is 11.5 Å². The smallest absolute Gasteiger partial charge is 0.161 e. The number of ether oxygens (including phenoxy) is 2. The molecule has 0 unspecified atom stereocenters. The molecule has 0 bridgehead atoms. The molecule has 0 aliphatic carbocycles. The SMILES string of the molecule is COc1cc2c(cc1OC)C(C)(C)CN[C@@H]2c1ccccc1. The normalized spacial score (nSPS) is 19.4. The van der Waals surface area contributed by atoms with Gasteiger partial charge in [-0.1, -0.05) is 44.2 Å². The first-order chi connectivity index (χ1) is 10.6. The van der Waals surface area contributed by atoms with E-state index >= 15 is 0 Å². The van der Waals surface area contributed by atoms with Crippen LogP contribution in [-0.4, -0.2) is 20.8 Å². The molecule has 22 heavy (non-hydrogen) atoms. The van der Waals surface area contributed by atoms with E-state index in [4.69, 9.17) is 9.47 Å². The van der Waals surface area contributed by atoms with Crippen LogP contribution in [0, 0.1) is 0 Å². The predicted octanol–water partition coefficient (Wildman–Crippen LogP) is 3.67. The van der Waals surface area contributed by atoms with Gasteiger partial charge < -0.3 is 14.8 Å². The van der Waals surface area contributed by atoms with E-state index in [2.05, 4.69) is 55.6 Å². The molecule has 3 nitrogen and oxygen atoms in total. The van der Waals surface area contributed by atoms with Gasteiger partial charge in [0.1, 0.15) is 0 Å². The molecule has 2 aromatic carbocycles. The van der Waals surface area contributed by atoms with E-state index in [1.807, 2.05) is 6.07 Å². The van der Waals surface area contributed by atoms with Gasteiger partial charge in [0.15, 0.2) is 11.5 Å². The topological polar surface area (TPSA) is 30.5 Å². The van der Waals surface area contributed by atoms with Gasteiger partial charge in [-0.25, -0.2) is 0 Å². The number of rotatable bonds is 3. The van der Waals surface area contributed by atoms with E-state index in [0.717, 1.165) is 18.0 Å². The fourth-order valence-electron chi connectivity index (χ4n) is 3.22. The summed E-state index contributed by atoms with van der Waals surface area (Å²) >= 11 is 0. The van der Waals surface area contributed by atoms with Crippen LogP contribution in [0.3, 0.4) is 0 Å². The molecule has 1 aliphatic heterocycles. The van der Waals surface area contributed by atoms with Crippen LogP contribution in [0.2, 0.25) is 0 Å². The van der Waals surface area contributed by atoms with Crippen LogP contribution < -0.4 is 14.8 Å². The van der Waals surface area contributed by atoms with Crippen molar-refractivity contribution in [3.05, 3.63) is 59.2 Å². The number of nitrogens with one attached hydrogen (secondary N) is 1. The van der Waals surface area contributed by atoms with Gasteiger partial charge in [0.05, 0.1) is 20.3 Å². The van der Waals surface area contributed by atoms with E-state index in [1.165, 1.54) is 16.7 Å². The average Bonchev–Trinajstić information content (AvgIpc) is 2.54. The summed E-state index contributed by atoms with van der Waals surface area (Å²) in [5, 5.41) is 3.67. The molecule has 0 spiro atoms. The fraction of sp³-hybridized carbons (Fsp3) is 0.368. The first kappa shape index (κ1) is 14.9. The molecule has 3 heteroatoms. The third kappa shape index (κ3) is 2.46. The maximum absolute atomic E-state index is 5.50. The van der Waals surface area contributed by atoms with Gasteiger partial charge in [0.2, 0.25) is 0 Å². The number of hydrogen-bond donors (Lipinski definition) is 1. The molecule has 2 aromatic rings. The predicted molar refractivity (Wildman–Crippen MR) is 88.9 cm³/mol. The Hall–Kier alpha value is -2.00. The molecule has 0 aromatic heterocycles. The van der Waals surface area contributed by atoms with Gasteiger partial charge in [-0.05, 0) is 28.8 Å². The number of fused-ring (bicyclic) bond motifs is 1. The third-order valence-corrected chi connectivity index (χ3v) is 4.48. The first-order valence-electron chi connectivity index (χ1n) is 7.61. The summed E-state index contributed by atoms with van der Waals surface area (Å²) in [5.74, 6) is 1.57. The van der Waals surface area contributed by atoms with Crippen molar-refractivity contribution in [1.82, 2.24) is 5.32 Å². The molecule has 1 heterocycles. The Morgan fingerprint density at radius 2 is 1.64 bits per heavy atom. The molecule has 0 amide bonds. The molecule has 1 atom stereocenters. The van der Waals surface area contributed by atoms with Crippen LogP contribution in [0.15, 0.2) is 42.5 Å². The van der Waals surface area contributed by atoms with E-state index in [-0.39, 0.29) is 11.5 Å². The molecular formula is C19H23NO2. The highest BCUT2D eigenvalue weighted by molar-refractivity contribution is 5.54. The molecule has 1 N–H and O–H groups in total. The van der Waals surface area contributed by atoms with Crippen LogP contribution in [0.1, 0.15) is 36.6 Å². The van der Waals surface area contributed by atoms with Crippen molar-refractivity contribution < 1.29 is 9.47 Å². The highest BCUT2D eigenvalue weighted by Crippen LogP contribution is 2.42. The molecule has 3 rings (SSSR count). The molecule has 0 saturated heterocycles. The van der Waals surface area contributed by atoms with E-state index < -0.39 is 0 Å². The first-order valence-corrected chi connectivity index (χ1v) is 7.61. The maximum atomic E-state index is 5.50. The zero-order valence-electron chi connectivity index (χ0n) is 13.6. The Morgan fingerprint density at radius 1 is 1.00 bits per heavy atom. The molecule has 0 saturated carbocycles. The summed E-state index contributed by atoms with van der Waals surface area (Å²) in [6.45, 7) is 5.44. The van der Waals surface area contributed by atoms with Gasteiger partial charge in [-0.3, -0.25) is 0 Å². The summed E-state index contributed by atoms with van der Waals surface area (Å²) in [6.07, 6.45) is 0. The number of hydrogen-bond acceptors (Lipinski definition) is 3. The molecule has 0 fully saturated rings. The summed E-state index contributed by atoms with van der Waals surface area (Å²) in [4.78, 5) is 0. The van der Waals surface area contributed by atoms with Crippen LogP contribution >= 0.6 is 0 Å². The minimum absolute atomic E-state index is 0.0557. The lowest BCUT2D eigenvalue weighted by molar-refractivity contribution is 0.346. The lowest BCUT2D eigenvalue weighted by Gasteiger charge is -2.38. The van der Waals surface area contributed by atoms with Crippen molar-refractivity contribution in [1.29, 1.82) is 0 Å². The van der Waals surface area contributed by atoms with Crippen molar-refractivity contribution in [2.45, 2.75) is 25.3 Å². The monoisotopic (exact) mass is 297 g/mol. The largest absolute Gasteiger partial charge is 0.493 e. The summed E-state index contributed by atoms with van der Waals surface area (Å²) in [6, 6.07) is 15.0. The second-order valence-electron chi connectivity index (χ2n) is 6.40. The van der Waals surface area contributed by atoms with Crippen LogP contribution in [0.25, 0.3) is 0 Å². The lowest BCUT2D eigenvalue weighted by Crippen LogP contribution is -2.42. The fourth-order valence-corrected chi connectivity index (χ4v) is 3.22. The highest BCUT2D eigenvalue weighted by atomic mass is 16.5. The summed E-state index contributed by atoms with van der Waals surface area (Å²) in [7, 11) is 3.37. The third-order valence-electron chi connectivity index (χ3n) is 4.48. The van der Waals surface area contributed by atoms with Gasteiger partial charge in [-0.2, -0.15) is 0 Å². The highest BCUT2D eigenvalue weighted by Gasteiger charge is 2.34. The molecule has 116 valence electrons. The van der Waals surface area contributed by atoms with Crippen LogP contribution in [0.4, 0.5) is 0 Å². The quantitative estimate of drug-likeness (QED) is 0.937. The van der Waals surface area contributed by atoms with Crippen molar-refractivity contribution in [3.8, 4) is 11.5 Å². The van der Waals surface area contributed by atoms with Crippen molar-refractivity contribution >= 4 is 0 Å². The Balaban J connectivity index is 2.17. The molecular weight excluding hydrogens is 274 g/mol. The Labute approximate surface area is 132 Å².